The molecule has 2 aromatic heterocycles. The molecule has 0 aliphatic carbocycles. The Kier molecular flexibility index (Phi) is 4.74. The standard InChI is InChI=1S/C17H24N4S/c1-13-6-8-22-16(13)11-21-7-4-5-15(10-21)20(3)17-9-14(2)18-12-19-17/h6,8-9,12,15H,4-5,7,10-11H2,1-3H3. The van der Waals surface area contributed by atoms with Gasteiger partial charge in [-0.15, -0.1) is 11.3 Å². The Morgan fingerprint density at radius 1 is 1.36 bits per heavy atom. The van der Waals surface area contributed by atoms with Crippen LogP contribution < -0.4 is 4.90 Å². The smallest absolute Gasteiger partial charge is 0.132 e. The number of rotatable bonds is 4. The van der Waals surface area contributed by atoms with Crippen LogP contribution in [0.15, 0.2) is 23.8 Å². The SMILES string of the molecule is Cc1cc(N(C)C2CCCN(Cc3sccc3C)C2)ncn1. The fourth-order valence-corrected chi connectivity index (χ4v) is 4.03. The first-order valence-corrected chi connectivity index (χ1v) is 8.78. The first-order chi connectivity index (χ1) is 10.6. The summed E-state index contributed by atoms with van der Waals surface area (Å²) in [4.78, 5) is 15.0. The maximum atomic E-state index is 4.43. The first kappa shape index (κ1) is 15.4. The summed E-state index contributed by atoms with van der Waals surface area (Å²) < 4.78 is 0. The Labute approximate surface area is 136 Å². The minimum Gasteiger partial charge on any atom is -0.355 e. The van der Waals surface area contributed by atoms with Gasteiger partial charge in [0.1, 0.15) is 12.1 Å². The van der Waals surface area contributed by atoms with Crippen LogP contribution >= 0.6 is 11.3 Å². The topological polar surface area (TPSA) is 32.3 Å². The third kappa shape index (κ3) is 3.47. The van der Waals surface area contributed by atoms with Crippen LogP contribution in [-0.2, 0) is 6.54 Å². The van der Waals surface area contributed by atoms with E-state index in [4.69, 9.17) is 0 Å². The summed E-state index contributed by atoms with van der Waals surface area (Å²) in [5.74, 6) is 1.03. The third-order valence-corrected chi connectivity index (χ3v) is 5.52. The normalized spacial score (nSPS) is 19.3. The molecule has 1 unspecified atom stereocenters. The second-order valence-electron chi connectivity index (χ2n) is 6.19. The largest absolute Gasteiger partial charge is 0.355 e. The van der Waals surface area contributed by atoms with Gasteiger partial charge in [-0.25, -0.2) is 9.97 Å². The quantitative estimate of drug-likeness (QED) is 0.867. The van der Waals surface area contributed by atoms with Gasteiger partial charge in [0.05, 0.1) is 0 Å². The van der Waals surface area contributed by atoms with Crippen molar-refractivity contribution in [1.82, 2.24) is 14.9 Å². The number of hydrogen-bond donors (Lipinski definition) is 0. The molecule has 0 aromatic carbocycles. The van der Waals surface area contributed by atoms with Gasteiger partial charge in [0.2, 0.25) is 0 Å². The van der Waals surface area contributed by atoms with Crippen LogP contribution in [0.25, 0.3) is 0 Å². The molecule has 4 nitrogen and oxygen atoms in total. The Morgan fingerprint density at radius 2 is 2.23 bits per heavy atom. The maximum absolute atomic E-state index is 4.43. The van der Waals surface area contributed by atoms with Crippen LogP contribution in [0.3, 0.4) is 0 Å². The molecule has 1 aliphatic heterocycles. The minimum absolute atomic E-state index is 0.531. The van der Waals surface area contributed by atoms with Gasteiger partial charge in [-0.3, -0.25) is 4.90 Å². The maximum Gasteiger partial charge on any atom is 0.132 e. The molecule has 0 radical (unpaired) electrons. The number of thiophene rings is 1. The number of likely N-dealkylation sites (tertiary alicyclic amines) is 1. The number of likely N-dealkylation sites (N-methyl/N-ethyl adjacent to an activating group) is 1. The van der Waals surface area contributed by atoms with Gasteiger partial charge in [0.15, 0.2) is 0 Å². The van der Waals surface area contributed by atoms with E-state index in [-0.39, 0.29) is 0 Å². The lowest BCUT2D eigenvalue weighted by Crippen LogP contribution is -2.46. The Hall–Kier alpha value is -1.46. The zero-order chi connectivity index (χ0) is 15.5. The second kappa shape index (κ2) is 6.75. The van der Waals surface area contributed by atoms with E-state index in [1.807, 2.05) is 18.3 Å². The molecule has 2 aromatic rings. The lowest BCUT2D eigenvalue weighted by Gasteiger charge is -2.38. The van der Waals surface area contributed by atoms with Gasteiger partial charge >= 0.3 is 0 Å². The van der Waals surface area contributed by atoms with Crippen LogP contribution in [0, 0.1) is 13.8 Å². The predicted molar refractivity (Wildman–Crippen MR) is 92.5 cm³/mol. The lowest BCUT2D eigenvalue weighted by molar-refractivity contribution is 0.199. The Balaban J connectivity index is 1.66. The second-order valence-corrected chi connectivity index (χ2v) is 7.19. The van der Waals surface area contributed by atoms with Crippen molar-refractivity contribution in [3.8, 4) is 0 Å². The highest BCUT2D eigenvalue weighted by molar-refractivity contribution is 7.10. The van der Waals surface area contributed by atoms with Gasteiger partial charge in [0, 0.05) is 42.8 Å². The molecule has 0 spiro atoms. The number of anilines is 1. The summed E-state index contributed by atoms with van der Waals surface area (Å²) in [5, 5.41) is 2.20. The molecule has 3 rings (SSSR count). The van der Waals surface area contributed by atoms with Crippen LogP contribution in [0.2, 0.25) is 0 Å². The summed E-state index contributed by atoms with van der Waals surface area (Å²) in [6.45, 7) is 7.62. The molecule has 1 saturated heterocycles. The van der Waals surface area contributed by atoms with E-state index in [1.165, 1.54) is 29.8 Å². The average Bonchev–Trinajstić information content (AvgIpc) is 2.92. The van der Waals surface area contributed by atoms with Crippen LogP contribution in [-0.4, -0.2) is 41.0 Å². The van der Waals surface area contributed by atoms with Gasteiger partial charge < -0.3 is 4.90 Å². The van der Waals surface area contributed by atoms with E-state index in [2.05, 4.69) is 51.3 Å². The summed E-state index contributed by atoms with van der Waals surface area (Å²) in [7, 11) is 2.16. The Morgan fingerprint density at radius 3 is 2.95 bits per heavy atom. The summed E-state index contributed by atoms with van der Waals surface area (Å²) >= 11 is 1.88. The number of piperidine rings is 1. The molecule has 118 valence electrons. The molecule has 0 amide bonds. The molecular weight excluding hydrogens is 292 g/mol. The van der Waals surface area contributed by atoms with Crippen molar-refractivity contribution in [2.24, 2.45) is 0 Å². The molecule has 5 heteroatoms. The zero-order valence-corrected chi connectivity index (χ0v) is 14.4. The van der Waals surface area contributed by atoms with Crippen molar-refractivity contribution < 1.29 is 0 Å². The average molecular weight is 316 g/mol. The number of aryl methyl sites for hydroxylation is 2. The van der Waals surface area contributed by atoms with Crippen molar-refractivity contribution in [3.63, 3.8) is 0 Å². The summed E-state index contributed by atoms with van der Waals surface area (Å²) in [6.07, 6.45) is 4.15. The van der Waals surface area contributed by atoms with E-state index in [9.17, 15) is 0 Å². The molecule has 1 atom stereocenters. The molecule has 1 aliphatic rings. The monoisotopic (exact) mass is 316 g/mol. The zero-order valence-electron chi connectivity index (χ0n) is 13.6. The molecule has 3 heterocycles. The lowest BCUT2D eigenvalue weighted by atomic mass is 10.0. The number of nitrogens with zero attached hydrogens (tertiary/aromatic N) is 4. The van der Waals surface area contributed by atoms with E-state index < -0.39 is 0 Å². The highest BCUT2D eigenvalue weighted by Crippen LogP contribution is 2.23. The summed E-state index contributed by atoms with van der Waals surface area (Å²) in [6, 6.07) is 4.82. The number of aromatic nitrogens is 2. The van der Waals surface area contributed by atoms with Crippen molar-refractivity contribution in [3.05, 3.63) is 40.0 Å². The molecule has 1 fully saturated rings. The van der Waals surface area contributed by atoms with Gasteiger partial charge in [0.25, 0.3) is 0 Å². The minimum atomic E-state index is 0.531. The first-order valence-electron chi connectivity index (χ1n) is 7.90. The molecular formula is C17H24N4S. The molecule has 0 bridgehead atoms. The highest BCUT2D eigenvalue weighted by atomic mass is 32.1. The highest BCUT2D eigenvalue weighted by Gasteiger charge is 2.24. The molecule has 22 heavy (non-hydrogen) atoms. The van der Waals surface area contributed by atoms with Crippen molar-refractivity contribution >= 4 is 17.2 Å². The third-order valence-electron chi connectivity index (χ3n) is 4.51. The Bertz CT molecular complexity index is 625. The van der Waals surface area contributed by atoms with Crippen LogP contribution in [0.1, 0.15) is 29.0 Å². The fraction of sp³-hybridized carbons (Fsp3) is 0.529. The molecule has 0 saturated carbocycles. The van der Waals surface area contributed by atoms with Crippen molar-refractivity contribution in [1.29, 1.82) is 0 Å². The molecule has 0 N–H and O–H groups in total. The fourth-order valence-electron chi connectivity index (χ4n) is 3.08. The van der Waals surface area contributed by atoms with E-state index in [1.54, 1.807) is 6.33 Å². The van der Waals surface area contributed by atoms with Gasteiger partial charge in [-0.2, -0.15) is 0 Å². The van der Waals surface area contributed by atoms with Gasteiger partial charge in [-0.1, -0.05) is 0 Å². The van der Waals surface area contributed by atoms with E-state index in [0.29, 0.717) is 6.04 Å². The van der Waals surface area contributed by atoms with Crippen LogP contribution in [0.4, 0.5) is 5.82 Å². The predicted octanol–water partition coefficient (Wildman–Crippen LogP) is 3.26. The van der Waals surface area contributed by atoms with Crippen LogP contribution in [0.5, 0.6) is 0 Å². The summed E-state index contributed by atoms with van der Waals surface area (Å²) in [5.41, 5.74) is 2.45. The van der Waals surface area contributed by atoms with Crippen molar-refractivity contribution in [2.45, 2.75) is 39.3 Å². The van der Waals surface area contributed by atoms with Gasteiger partial charge in [-0.05, 0) is 50.2 Å². The van der Waals surface area contributed by atoms with E-state index in [0.717, 1.165) is 24.6 Å². The van der Waals surface area contributed by atoms with Crippen molar-refractivity contribution in [2.75, 3.05) is 25.0 Å². The van der Waals surface area contributed by atoms with E-state index >= 15 is 0 Å². The number of hydrogen-bond acceptors (Lipinski definition) is 5.